The van der Waals surface area contributed by atoms with Crippen LogP contribution in [0.2, 0.25) is 0 Å². The summed E-state index contributed by atoms with van der Waals surface area (Å²) < 4.78 is 43.6. The van der Waals surface area contributed by atoms with Crippen LogP contribution >= 0.6 is 0 Å². The summed E-state index contributed by atoms with van der Waals surface area (Å²) in [5, 5.41) is 30.2. The monoisotopic (exact) mass is 646 g/mol. The summed E-state index contributed by atoms with van der Waals surface area (Å²) in [4.78, 5) is 23.0. The summed E-state index contributed by atoms with van der Waals surface area (Å²) in [7, 11) is 4.30. The van der Waals surface area contributed by atoms with Gasteiger partial charge in [0.05, 0.1) is 44.7 Å². The van der Waals surface area contributed by atoms with Gasteiger partial charge in [0, 0.05) is 11.1 Å². The van der Waals surface area contributed by atoms with Gasteiger partial charge in [-0.05, 0) is 120 Å². The van der Waals surface area contributed by atoms with E-state index in [1.165, 1.54) is 51.7 Å². The van der Waals surface area contributed by atoms with Gasteiger partial charge in [0.25, 0.3) is 0 Å². The molecular formula is C37H36F2O8. The molecule has 8 nitrogen and oxygen atoms in total. The Bertz CT molecular complexity index is 1780. The molecule has 10 heteroatoms. The Morgan fingerprint density at radius 1 is 0.638 bits per heavy atom. The lowest BCUT2D eigenvalue weighted by atomic mass is 9.92. The number of hydrogen-bond acceptors (Lipinski definition) is 7. The van der Waals surface area contributed by atoms with Crippen molar-refractivity contribution in [2.75, 3.05) is 21.3 Å². The zero-order chi connectivity index (χ0) is 33.8. The molecule has 0 aromatic heterocycles. The number of rotatable bonds is 10. The van der Waals surface area contributed by atoms with E-state index >= 15 is 0 Å². The highest BCUT2D eigenvalue weighted by atomic mass is 19.1. The average molecular weight is 647 g/mol. The average Bonchev–Trinajstić information content (AvgIpc) is 4.02. The van der Waals surface area contributed by atoms with E-state index in [4.69, 9.17) is 19.3 Å². The third-order valence-electron chi connectivity index (χ3n) is 8.47. The fourth-order valence-electron chi connectivity index (χ4n) is 5.49. The lowest BCUT2D eigenvalue weighted by molar-refractivity contribution is 0.0599. The number of esters is 1. The van der Waals surface area contributed by atoms with E-state index in [2.05, 4.69) is 0 Å². The number of methoxy groups -OCH3 is 3. The zero-order valence-electron chi connectivity index (χ0n) is 26.2. The Morgan fingerprint density at radius 3 is 1.45 bits per heavy atom. The zero-order valence-corrected chi connectivity index (χ0v) is 26.2. The molecule has 47 heavy (non-hydrogen) atoms. The van der Waals surface area contributed by atoms with Gasteiger partial charge in [-0.2, -0.15) is 0 Å². The molecule has 0 heterocycles. The number of benzene rings is 4. The predicted octanol–water partition coefficient (Wildman–Crippen LogP) is 7.37. The molecule has 2 saturated carbocycles. The normalized spacial score (nSPS) is 15.1. The van der Waals surface area contributed by atoms with Crippen LogP contribution in [0, 0.1) is 23.5 Å². The van der Waals surface area contributed by atoms with Gasteiger partial charge in [0.1, 0.15) is 23.1 Å². The highest BCUT2D eigenvalue weighted by Gasteiger charge is 2.34. The number of carbonyl (C=O) groups excluding carboxylic acids is 1. The molecule has 0 amide bonds. The van der Waals surface area contributed by atoms with Crippen molar-refractivity contribution < 1.29 is 47.9 Å². The number of aromatic carboxylic acids is 1. The SMILES string of the molecule is COC(=O)c1ccc(-c2cc(OC)ccc2F)c(C(O)C2CC2)c1.COc1ccc(F)c(-c2ccc(C(=O)O)cc2C(O)C2CC2)c1. The van der Waals surface area contributed by atoms with Crippen molar-refractivity contribution in [3.05, 3.63) is 107 Å². The first-order chi connectivity index (χ1) is 22.6. The molecule has 2 atom stereocenters. The lowest BCUT2D eigenvalue weighted by Crippen LogP contribution is -2.07. The number of halogens is 2. The molecule has 3 N–H and O–H groups in total. The summed E-state index contributed by atoms with van der Waals surface area (Å²) in [6.45, 7) is 0. The molecule has 2 aliphatic carbocycles. The Balaban J connectivity index is 0.000000185. The number of carboxylic acid groups (broad SMARTS) is 1. The van der Waals surface area contributed by atoms with Gasteiger partial charge >= 0.3 is 11.9 Å². The number of carboxylic acids is 1. The van der Waals surface area contributed by atoms with Crippen molar-refractivity contribution in [3.8, 4) is 33.8 Å². The van der Waals surface area contributed by atoms with E-state index < -0.39 is 35.8 Å². The quantitative estimate of drug-likeness (QED) is 0.153. The van der Waals surface area contributed by atoms with Gasteiger partial charge in [0.15, 0.2) is 0 Å². The molecule has 0 saturated heterocycles. The van der Waals surface area contributed by atoms with E-state index in [-0.39, 0.29) is 23.0 Å². The Labute approximate surface area is 271 Å². The standard InChI is InChI=1S/C19H19FO4.C18H17FO4/c1-23-13-6-8-17(20)15(10-13)14-7-5-12(19(22)24-2)9-16(14)18(21)11-3-4-11;1-23-12-5-7-16(19)14(9-12)13-6-4-11(18(21)22)8-15(13)17(20)10-2-3-10/h5-11,18,21H,3-4H2,1-2H3;4-10,17,20H,2-3H2,1H3,(H,21,22). The van der Waals surface area contributed by atoms with Gasteiger partial charge in [-0.15, -0.1) is 0 Å². The van der Waals surface area contributed by atoms with Crippen LogP contribution in [0.25, 0.3) is 22.3 Å². The van der Waals surface area contributed by atoms with Crippen LogP contribution in [0.3, 0.4) is 0 Å². The highest BCUT2D eigenvalue weighted by Crippen LogP contribution is 2.46. The third kappa shape index (κ3) is 7.61. The summed E-state index contributed by atoms with van der Waals surface area (Å²) in [6, 6.07) is 18.0. The molecule has 2 fully saturated rings. The third-order valence-corrected chi connectivity index (χ3v) is 8.47. The molecule has 4 aromatic rings. The molecule has 0 radical (unpaired) electrons. The summed E-state index contributed by atoms with van der Waals surface area (Å²) in [5.74, 6) is -1.16. The molecule has 0 spiro atoms. The van der Waals surface area contributed by atoms with Crippen molar-refractivity contribution >= 4 is 11.9 Å². The van der Waals surface area contributed by atoms with Crippen LogP contribution < -0.4 is 9.47 Å². The van der Waals surface area contributed by atoms with Crippen LogP contribution in [-0.4, -0.2) is 48.6 Å². The van der Waals surface area contributed by atoms with Crippen LogP contribution in [0.1, 0.15) is 69.7 Å². The first kappa shape index (κ1) is 33.6. The molecule has 2 unspecified atom stereocenters. The van der Waals surface area contributed by atoms with Crippen molar-refractivity contribution in [2.45, 2.75) is 37.9 Å². The smallest absolute Gasteiger partial charge is 0.337 e. The van der Waals surface area contributed by atoms with Crippen LogP contribution in [-0.2, 0) is 4.74 Å². The van der Waals surface area contributed by atoms with E-state index in [0.29, 0.717) is 44.9 Å². The lowest BCUT2D eigenvalue weighted by Gasteiger charge is -2.17. The van der Waals surface area contributed by atoms with Crippen molar-refractivity contribution in [1.29, 1.82) is 0 Å². The summed E-state index contributed by atoms with van der Waals surface area (Å²) >= 11 is 0. The molecule has 4 aromatic carbocycles. The number of hydrogen-bond donors (Lipinski definition) is 3. The van der Waals surface area contributed by atoms with E-state index in [9.17, 15) is 28.6 Å². The van der Waals surface area contributed by atoms with Crippen LogP contribution in [0.15, 0.2) is 72.8 Å². The first-order valence-corrected chi connectivity index (χ1v) is 15.2. The largest absolute Gasteiger partial charge is 0.497 e. The minimum absolute atomic E-state index is 0.0757. The van der Waals surface area contributed by atoms with Gasteiger partial charge in [-0.1, -0.05) is 12.1 Å². The topological polar surface area (TPSA) is 123 Å². The van der Waals surface area contributed by atoms with Crippen LogP contribution in [0.5, 0.6) is 11.5 Å². The number of aliphatic hydroxyl groups is 2. The predicted molar refractivity (Wildman–Crippen MR) is 170 cm³/mol. The fourth-order valence-corrected chi connectivity index (χ4v) is 5.49. The number of carbonyl (C=O) groups is 2. The maximum Gasteiger partial charge on any atom is 0.337 e. The first-order valence-electron chi connectivity index (χ1n) is 15.2. The molecule has 2 aliphatic rings. The maximum absolute atomic E-state index is 14.3. The molecule has 6 rings (SSSR count). The summed E-state index contributed by atoms with van der Waals surface area (Å²) in [5.41, 5.74) is 3.05. The second-order valence-corrected chi connectivity index (χ2v) is 11.7. The minimum atomic E-state index is -1.08. The second kappa shape index (κ2) is 14.3. The molecule has 246 valence electrons. The molecule has 0 aliphatic heterocycles. The van der Waals surface area contributed by atoms with Crippen molar-refractivity contribution in [3.63, 3.8) is 0 Å². The Morgan fingerprint density at radius 2 is 1.06 bits per heavy atom. The molecular weight excluding hydrogens is 610 g/mol. The van der Waals surface area contributed by atoms with Gasteiger partial charge < -0.3 is 29.5 Å². The van der Waals surface area contributed by atoms with Crippen LogP contribution in [0.4, 0.5) is 8.78 Å². The maximum atomic E-state index is 14.3. The van der Waals surface area contributed by atoms with E-state index in [1.54, 1.807) is 42.5 Å². The second-order valence-electron chi connectivity index (χ2n) is 11.7. The van der Waals surface area contributed by atoms with E-state index in [1.807, 2.05) is 0 Å². The van der Waals surface area contributed by atoms with Gasteiger partial charge in [-0.25, -0.2) is 18.4 Å². The summed E-state index contributed by atoms with van der Waals surface area (Å²) in [6.07, 6.45) is 2.08. The van der Waals surface area contributed by atoms with Crippen molar-refractivity contribution in [1.82, 2.24) is 0 Å². The van der Waals surface area contributed by atoms with Gasteiger partial charge in [-0.3, -0.25) is 0 Å². The number of aliphatic hydroxyl groups excluding tert-OH is 2. The van der Waals surface area contributed by atoms with Gasteiger partial charge in [0.2, 0.25) is 0 Å². The Hall–Kier alpha value is -4.80. The van der Waals surface area contributed by atoms with Crippen molar-refractivity contribution in [2.24, 2.45) is 11.8 Å². The van der Waals surface area contributed by atoms with E-state index in [0.717, 1.165) is 25.7 Å². The highest BCUT2D eigenvalue weighted by molar-refractivity contribution is 5.91. The minimum Gasteiger partial charge on any atom is -0.497 e. The number of ether oxygens (including phenoxy) is 3. The Kier molecular flexibility index (Phi) is 10.2. The molecule has 0 bridgehead atoms. The fraction of sp³-hybridized carbons (Fsp3) is 0.297.